The molecule has 12 rings (SSSR count). The lowest BCUT2D eigenvalue weighted by molar-refractivity contribution is 0.0894. The van der Waals surface area contributed by atoms with Crippen molar-refractivity contribution in [3.05, 3.63) is 218 Å². The summed E-state index contributed by atoms with van der Waals surface area (Å²) in [6.07, 6.45) is 23.1. The number of hydrogen-bond donors (Lipinski definition) is 3. The van der Waals surface area contributed by atoms with Gasteiger partial charge in [-0.3, -0.25) is 34.3 Å². The van der Waals surface area contributed by atoms with E-state index < -0.39 is 0 Å². The van der Waals surface area contributed by atoms with Crippen molar-refractivity contribution in [2.75, 3.05) is 86.7 Å². The fourth-order valence-electron chi connectivity index (χ4n) is 12.5. The molecule has 0 bridgehead atoms. The number of ketones is 2. The summed E-state index contributed by atoms with van der Waals surface area (Å²) in [6, 6.07) is 34.5. The Labute approximate surface area is 584 Å². The minimum Gasteiger partial charge on any atom is -0.496 e. The molecule has 1 atom stereocenters. The maximum atomic E-state index is 12.9. The SMILES string of the molecule is COc1cc(OC)c(OC)cc1CN1CCN(Cc2c[nH]c3ccccc23)CC1.COc1cc2c(cc1OC)C(=O)C(CC1CCN(Cc3cccnc3)CC1)C2.Cc1cc(Cl)ccc1NC(=O)NCCCn1ccnc1.O=C(CCCCc1cccnc1)c1ccc(Cl)cc1Cl. The number of piperazine rings is 1. The number of para-hydroxylation sites is 1. The van der Waals surface area contributed by atoms with Crippen LogP contribution in [-0.4, -0.2) is 138 Å². The summed E-state index contributed by atoms with van der Waals surface area (Å²) in [5.41, 5.74) is 10.3. The molecular formula is C76H89Cl3N10O8. The Morgan fingerprint density at radius 3 is 1.93 bits per heavy atom. The number of carbonyl (C=O) groups is 3. The van der Waals surface area contributed by atoms with Crippen LogP contribution in [0.25, 0.3) is 10.9 Å². The summed E-state index contributed by atoms with van der Waals surface area (Å²) < 4.78 is 29.2. The van der Waals surface area contributed by atoms with Gasteiger partial charge in [0, 0.05) is 164 Å². The number of fused-ring (bicyclic) bond motifs is 2. The second-order valence-corrected chi connectivity index (χ2v) is 25.8. The molecule has 5 aromatic carbocycles. The van der Waals surface area contributed by atoms with Gasteiger partial charge in [-0.1, -0.05) is 65.1 Å². The molecule has 0 radical (unpaired) electrons. The summed E-state index contributed by atoms with van der Waals surface area (Å²) >= 11 is 17.7. The van der Waals surface area contributed by atoms with E-state index in [1.807, 2.05) is 84.8 Å². The van der Waals surface area contributed by atoms with Crippen molar-refractivity contribution in [2.24, 2.45) is 11.8 Å². The van der Waals surface area contributed by atoms with E-state index in [-0.39, 0.29) is 23.5 Å². The molecule has 1 aliphatic carbocycles. The van der Waals surface area contributed by atoms with E-state index in [1.54, 1.807) is 84.6 Å². The van der Waals surface area contributed by atoms with E-state index >= 15 is 0 Å². The van der Waals surface area contributed by atoms with E-state index in [9.17, 15) is 14.4 Å². The first-order valence-corrected chi connectivity index (χ1v) is 34.2. The van der Waals surface area contributed by atoms with E-state index in [2.05, 4.69) is 81.8 Å². The number of imidazole rings is 1. The van der Waals surface area contributed by atoms with Gasteiger partial charge in [0.25, 0.3) is 0 Å². The number of hydrogen-bond acceptors (Lipinski definition) is 14. The number of aromatic nitrogens is 5. The highest BCUT2D eigenvalue weighted by molar-refractivity contribution is 6.36. The number of H-pyrrole nitrogens is 1. The van der Waals surface area contributed by atoms with Gasteiger partial charge < -0.3 is 43.9 Å². The van der Waals surface area contributed by atoms with Crippen molar-refractivity contribution >= 4 is 69.0 Å². The highest BCUT2D eigenvalue weighted by atomic mass is 35.5. The minimum atomic E-state index is -0.207. The third-order valence-corrected chi connectivity index (χ3v) is 18.6. The molecule has 97 heavy (non-hydrogen) atoms. The topological polar surface area (TPSA) is 191 Å². The molecule has 1 unspecified atom stereocenters. The number of aromatic amines is 1. The second-order valence-electron chi connectivity index (χ2n) is 24.5. The van der Waals surface area contributed by atoms with Crippen LogP contribution in [-0.2, 0) is 39.0 Å². The molecule has 9 aromatic rings. The molecule has 4 aromatic heterocycles. The molecule has 3 aliphatic rings. The Hall–Kier alpha value is -8.49. The number of unbranched alkanes of at least 4 members (excludes halogenated alkanes) is 1. The summed E-state index contributed by atoms with van der Waals surface area (Å²) in [4.78, 5) is 59.8. The highest BCUT2D eigenvalue weighted by Crippen LogP contribution is 2.40. The molecule has 0 saturated carbocycles. The van der Waals surface area contributed by atoms with E-state index in [0.29, 0.717) is 56.8 Å². The maximum Gasteiger partial charge on any atom is 0.319 e. The first-order valence-electron chi connectivity index (χ1n) is 33.0. The fraction of sp³-hybridized carbons (Fsp3) is 0.368. The molecule has 21 heteroatoms. The van der Waals surface area contributed by atoms with E-state index in [4.69, 9.17) is 58.5 Å². The van der Waals surface area contributed by atoms with Gasteiger partial charge in [-0.25, -0.2) is 9.78 Å². The first-order chi connectivity index (χ1) is 47.2. The third-order valence-electron chi connectivity index (χ3n) is 17.8. The van der Waals surface area contributed by atoms with Crippen LogP contribution in [0.15, 0.2) is 159 Å². The van der Waals surface area contributed by atoms with Crippen LogP contribution in [0.4, 0.5) is 10.5 Å². The minimum absolute atomic E-state index is 0.0675. The lowest BCUT2D eigenvalue weighted by Crippen LogP contribution is -2.45. The lowest BCUT2D eigenvalue weighted by Gasteiger charge is -2.35. The number of urea groups is 1. The van der Waals surface area contributed by atoms with Gasteiger partial charge in [0.05, 0.1) is 46.9 Å². The number of nitrogens with one attached hydrogen (secondary N) is 3. The monoisotopic (exact) mass is 1370 g/mol. The summed E-state index contributed by atoms with van der Waals surface area (Å²) in [6.45, 7) is 12.5. The fourth-order valence-corrected chi connectivity index (χ4v) is 13.3. The zero-order chi connectivity index (χ0) is 68.5. The predicted molar refractivity (Wildman–Crippen MR) is 386 cm³/mol. The van der Waals surface area contributed by atoms with Crippen LogP contribution in [0.3, 0.4) is 0 Å². The van der Waals surface area contributed by atoms with Gasteiger partial charge in [0.15, 0.2) is 34.6 Å². The Kier molecular flexibility index (Phi) is 28.0. The summed E-state index contributed by atoms with van der Waals surface area (Å²) in [7, 11) is 8.25. The number of amides is 2. The quantitative estimate of drug-likeness (QED) is 0.0382. The molecule has 0 spiro atoms. The average Bonchev–Trinajstić information content (AvgIpc) is 1.70. The molecule has 2 saturated heterocycles. The summed E-state index contributed by atoms with van der Waals surface area (Å²) in [5.74, 6) is 4.67. The number of piperidine rings is 1. The standard InChI is InChI=1S/C23H29N3O3.C23H28N2O3.C16H15Cl2NO.C14H17ClN4O/c1-27-21-13-23(29-3)22(28-2)12-17(21)15-25-8-10-26(11-9-25)16-18-14-24-20-7-5-4-6-19(18)20;1-27-21-12-18-11-19(23(26)20(18)13-22(21)28-2)10-16-5-8-25(9-6-16)15-17-4-3-7-24-14-17;17-13-7-8-14(15(18)10-13)16(20)6-2-1-4-12-5-3-9-19-11-12;1-11-9-12(15)3-4-13(11)18-14(20)17-5-2-7-19-8-6-16-10-19/h4-7,12-14,24H,8-11,15-16H2,1-3H3;3-4,7,12-14,16,19H,5-6,8-11,15H2,1-2H3;3,5,7-11H,1-2,4,6H2;3-4,6,8-10H,2,5,7H2,1H3,(H2,17,18,20). The Balaban J connectivity index is 0.000000154. The van der Waals surface area contributed by atoms with Gasteiger partial charge in [0.2, 0.25) is 0 Å². The normalized spacial score (nSPS) is 14.8. The Bertz CT molecular complexity index is 3960. The number of aryl methyl sites for hydroxylation is 3. The van der Waals surface area contributed by atoms with Gasteiger partial charge in [-0.15, -0.1) is 0 Å². The molecule has 3 N–H and O–H groups in total. The zero-order valence-corrected chi connectivity index (χ0v) is 58.6. The van der Waals surface area contributed by atoms with Crippen LogP contribution in [0, 0.1) is 18.8 Å². The van der Waals surface area contributed by atoms with E-state index in [1.165, 1.54) is 27.6 Å². The Morgan fingerprint density at radius 1 is 0.629 bits per heavy atom. The smallest absolute Gasteiger partial charge is 0.319 e. The number of halogens is 3. The third kappa shape index (κ3) is 21.5. The van der Waals surface area contributed by atoms with Gasteiger partial charge in [-0.05, 0) is 178 Å². The number of nitrogens with zero attached hydrogens (tertiary/aromatic N) is 7. The first kappa shape index (κ1) is 72.8. The number of anilines is 1. The highest BCUT2D eigenvalue weighted by Gasteiger charge is 2.35. The molecule has 2 fully saturated rings. The van der Waals surface area contributed by atoms with Crippen molar-refractivity contribution in [3.8, 4) is 28.7 Å². The molecule has 6 heterocycles. The predicted octanol–water partition coefficient (Wildman–Crippen LogP) is 15.3. The van der Waals surface area contributed by atoms with Gasteiger partial charge in [-0.2, -0.15) is 0 Å². The van der Waals surface area contributed by atoms with Crippen LogP contribution < -0.4 is 34.3 Å². The average molecular weight is 1380 g/mol. The van der Waals surface area contributed by atoms with Crippen molar-refractivity contribution in [3.63, 3.8) is 0 Å². The molecule has 512 valence electrons. The van der Waals surface area contributed by atoms with Gasteiger partial charge >= 0.3 is 6.03 Å². The Morgan fingerprint density at radius 2 is 1.27 bits per heavy atom. The van der Waals surface area contributed by atoms with Crippen molar-refractivity contribution in [2.45, 2.75) is 90.9 Å². The number of carbonyl (C=O) groups excluding carboxylic acids is 3. The maximum absolute atomic E-state index is 12.9. The van der Waals surface area contributed by atoms with Crippen LogP contribution in [0.2, 0.25) is 15.1 Å². The van der Waals surface area contributed by atoms with Crippen molar-refractivity contribution < 1.29 is 38.1 Å². The number of likely N-dealkylation sites (tertiary alicyclic amines) is 1. The van der Waals surface area contributed by atoms with Crippen molar-refractivity contribution in [1.82, 2.24) is 44.5 Å². The van der Waals surface area contributed by atoms with Gasteiger partial charge in [0.1, 0.15) is 5.75 Å². The number of benzene rings is 5. The number of pyridine rings is 2. The van der Waals surface area contributed by atoms with Crippen LogP contribution in [0.5, 0.6) is 28.7 Å². The number of rotatable bonds is 24. The zero-order valence-electron chi connectivity index (χ0n) is 56.3. The molecule has 2 amide bonds. The van der Waals surface area contributed by atoms with Crippen molar-refractivity contribution in [1.29, 1.82) is 0 Å². The lowest BCUT2D eigenvalue weighted by atomic mass is 9.85. The number of ether oxygens (including phenoxy) is 5. The summed E-state index contributed by atoms with van der Waals surface area (Å²) in [5, 5.41) is 8.58. The largest absolute Gasteiger partial charge is 0.496 e. The van der Waals surface area contributed by atoms with Crippen LogP contribution in [0.1, 0.15) is 99.0 Å². The number of Topliss-reactive ketones (excluding diaryl/α,β-unsaturated/α-hetero) is 2. The number of methoxy groups -OCH3 is 5. The van der Waals surface area contributed by atoms with E-state index in [0.717, 1.165) is 156 Å². The second kappa shape index (κ2) is 37.3. The molecule has 18 nitrogen and oxygen atoms in total. The molecule has 2 aliphatic heterocycles. The molecular weight excluding hydrogens is 1290 g/mol. The van der Waals surface area contributed by atoms with Crippen LogP contribution >= 0.6 is 34.8 Å².